The number of ether oxygens (including phenoxy) is 1. The van der Waals surface area contributed by atoms with Gasteiger partial charge in [0.1, 0.15) is 12.4 Å². The lowest BCUT2D eigenvalue weighted by atomic mass is 10.1. The zero-order chi connectivity index (χ0) is 21.2. The van der Waals surface area contributed by atoms with Crippen molar-refractivity contribution in [3.05, 3.63) is 32.3 Å². The normalized spacial score (nSPS) is 16.7. The number of benzene rings is 1. The van der Waals surface area contributed by atoms with E-state index in [1.54, 1.807) is 0 Å². The first-order valence-electron chi connectivity index (χ1n) is 7.25. The molecule has 0 bridgehead atoms. The maximum atomic E-state index is 14.2. The van der Waals surface area contributed by atoms with E-state index < -0.39 is 55.7 Å². The topological polar surface area (TPSA) is 112 Å². The molecule has 0 spiro atoms. The highest BCUT2D eigenvalue weighted by atomic mass is 79.9. The van der Waals surface area contributed by atoms with Crippen LogP contribution < -0.4 is 14.5 Å². The molecule has 152 valence electrons. The molecule has 0 amide bonds. The summed E-state index contributed by atoms with van der Waals surface area (Å²) in [5, 5.41) is 8.63. The smallest absolute Gasteiger partial charge is 0.488 e. The molecular weight excluding hydrogens is 482 g/mol. The quantitative estimate of drug-likeness (QED) is 0.400. The van der Waals surface area contributed by atoms with E-state index in [4.69, 9.17) is 4.74 Å². The maximum absolute atomic E-state index is 14.2. The Labute approximate surface area is 161 Å². The third-order valence-corrected chi connectivity index (χ3v) is 5.59. The Hall–Kier alpha value is -2.35. The number of nitrogens with zero attached hydrogens (tertiary/aromatic N) is 1. The minimum absolute atomic E-state index is 0.176. The largest absolute Gasteiger partial charge is 0.534 e. The van der Waals surface area contributed by atoms with Gasteiger partial charge in [-0.3, -0.25) is 9.36 Å². The molecule has 3 rings (SSSR count). The van der Waals surface area contributed by atoms with Crippen LogP contribution in [0.1, 0.15) is 23.3 Å². The number of pyridine rings is 1. The van der Waals surface area contributed by atoms with E-state index in [1.165, 1.54) is 6.92 Å². The van der Waals surface area contributed by atoms with E-state index in [2.05, 4.69) is 20.1 Å². The molecule has 0 radical (unpaired) electrons. The van der Waals surface area contributed by atoms with E-state index in [0.29, 0.717) is 6.07 Å². The van der Waals surface area contributed by atoms with Crippen LogP contribution in [0.3, 0.4) is 0 Å². The number of carboxylic acid groups (broad SMARTS) is 1. The zero-order valence-corrected chi connectivity index (χ0v) is 15.9. The van der Waals surface area contributed by atoms with Crippen LogP contribution in [-0.2, 0) is 10.1 Å². The van der Waals surface area contributed by atoms with Crippen LogP contribution in [0.15, 0.2) is 15.3 Å². The van der Waals surface area contributed by atoms with Gasteiger partial charge >= 0.3 is 21.6 Å². The number of hydrogen-bond donors (Lipinski definition) is 1. The summed E-state index contributed by atoms with van der Waals surface area (Å²) in [5.74, 6) is -4.91. The predicted octanol–water partition coefficient (Wildman–Crippen LogP) is 2.78. The Bertz CT molecular complexity index is 1190. The lowest BCUT2D eigenvalue weighted by Gasteiger charge is -2.28. The van der Waals surface area contributed by atoms with Gasteiger partial charge in [-0.15, -0.1) is 0 Å². The van der Waals surface area contributed by atoms with Crippen molar-refractivity contribution < 1.29 is 44.8 Å². The van der Waals surface area contributed by atoms with Gasteiger partial charge in [-0.25, -0.2) is 9.18 Å². The van der Waals surface area contributed by atoms with Crippen LogP contribution in [0.5, 0.6) is 11.5 Å². The summed E-state index contributed by atoms with van der Waals surface area (Å²) in [6.45, 7) is 1.27. The summed E-state index contributed by atoms with van der Waals surface area (Å²) in [4.78, 5) is 24.2. The summed E-state index contributed by atoms with van der Waals surface area (Å²) in [6.07, 6.45) is 0. The van der Waals surface area contributed by atoms with Crippen LogP contribution in [0.4, 0.5) is 17.6 Å². The number of hydrogen-bond acceptors (Lipinski definition) is 6. The SMILES string of the molecule is C[C@H]1COc2c(Br)c(F)cc3c(OS(=O)(=O)C(F)(F)F)c(C(=O)O)c(=O)n1c23. The van der Waals surface area contributed by atoms with Crippen LogP contribution in [0.2, 0.25) is 0 Å². The van der Waals surface area contributed by atoms with Gasteiger partial charge in [0.25, 0.3) is 5.56 Å². The molecule has 8 nitrogen and oxygen atoms in total. The van der Waals surface area contributed by atoms with Crippen molar-refractivity contribution in [1.29, 1.82) is 0 Å². The average molecular weight is 490 g/mol. The molecule has 0 aliphatic carbocycles. The first-order chi connectivity index (χ1) is 12.8. The van der Waals surface area contributed by atoms with Crippen LogP contribution >= 0.6 is 15.9 Å². The third-order valence-electron chi connectivity index (χ3n) is 3.90. The molecule has 0 fully saturated rings. The van der Waals surface area contributed by atoms with E-state index in [1.807, 2.05) is 0 Å². The summed E-state index contributed by atoms with van der Waals surface area (Å²) in [7, 11) is -6.35. The fourth-order valence-corrected chi connectivity index (χ4v) is 3.63. The minimum atomic E-state index is -6.35. The second-order valence-corrected chi connectivity index (χ2v) is 8.06. The average Bonchev–Trinajstić information content (AvgIpc) is 2.54. The number of carbonyl (C=O) groups is 1. The highest BCUT2D eigenvalue weighted by molar-refractivity contribution is 9.10. The van der Waals surface area contributed by atoms with Crippen LogP contribution in [0, 0.1) is 5.82 Å². The Morgan fingerprint density at radius 3 is 2.57 bits per heavy atom. The van der Waals surface area contributed by atoms with Gasteiger partial charge in [0, 0.05) is 0 Å². The van der Waals surface area contributed by atoms with Crippen molar-refractivity contribution in [2.45, 2.75) is 18.5 Å². The molecule has 28 heavy (non-hydrogen) atoms. The Kier molecular flexibility index (Phi) is 4.61. The van der Waals surface area contributed by atoms with Crippen molar-refractivity contribution in [2.24, 2.45) is 0 Å². The Morgan fingerprint density at radius 2 is 2.04 bits per heavy atom. The lowest BCUT2D eigenvalue weighted by Crippen LogP contribution is -2.36. The van der Waals surface area contributed by atoms with Crippen molar-refractivity contribution in [1.82, 2.24) is 4.57 Å². The monoisotopic (exact) mass is 489 g/mol. The standard InChI is InChI=1S/C14H8BrF4NO7S/c1-4-3-26-11-8(15)6(16)2-5-9(11)20(4)12(21)7(13(22)23)10(5)27-28(24,25)14(17,18)19/h2,4H,3H2,1H3,(H,22,23)/t4-/m0/s1. The number of halogens is 5. The Morgan fingerprint density at radius 1 is 1.43 bits per heavy atom. The summed E-state index contributed by atoms with van der Waals surface area (Å²) < 4.78 is 85.2. The molecular formula is C14H8BrF4NO7S. The van der Waals surface area contributed by atoms with Gasteiger partial charge in [-0.1, -0.05) is 0 Å². The predicted molar refractivity (Wildman–Crippen MR) is 88.6 cm³/mol. The van der Waals surface area contributed by atoms with Crippen molar-refractivity contribution in [3.63, 3.8) is 0 Å². The third kappa shape index (κ3) is 2.90. The van der Waals surface area contributed by atoms with Crippen LogP contribution in [0.25, 0.3) is 10.9 Å². The summed E-state index contributed by atoms with van der Waals surface area (Å²) >= 11 is 2.87. The number of alkyl halides is 3. The molecule has 0 saturated heterocycles. The number of aromatic nitrogens is 1. The molecule has 1 aromatic heterocycles. The van der Waals surface area contributed by atoms with Gasteiger partial charge < -0.3 is 14.0 Å². The van der Waals surface area contributed by atoms with E-state index >= 15 is 0 Å². The van der Waals surface area contributed by atoms with E-state index in [9.17, 15) is 40.7 Å². The van der Waals surface area contributed by atoms with Gasteiger partial charge in [-0.2, -0.15) is 21.6 Å². The van der Waals surface area contributed by atoms with Crippen LogP contribution in [-0.4, -0.2) is 36.2 Å². The number of carboxylic acids is 1. The molecule has 2 heterocycles. The van der Waals surface area contributed by atoms with Crippen molar-refractivity contribution in [3.8, 4) is 11.5 Å². The lowest BCUT2D eigenvalue weighted by molar-refractivity contribution is -0.0500. The minimum Gasteiger partial charge on any atom is -0.488 e. The molecule has 1 aromatic carbocycles. The zero-order valence-electron chi connectivity index (χ0n) is 13.5. The summed E-state index contributed by atoms with van der Waals surface area (Å²) in [5.41, 5.74) is -8.94. The molecule has 14 heteroatoms. The van der Waals surface area contributed by atoms with E-state index in [-0.39, 0.29) is 22.3 Å². The fourth-order valence-electron chi connectivity index (χ4n) is 2.72. The van der Waals surface area contributed by atoms with Gasteiger partial charge in [-0.05, 0) is 28.9 Å². The number of rotatable bonds is 3. The second kappa shape index (κ2) is 6.34. The first-order valence-corrected chi connectivity index (χ1v) is 9.45. The highest BCUT2D eigenvalue weighted by Gasteiger charge is 2.49. The molecule has 2 aromatic rings. The maximum Gasteiger partial charge on any atom is 0.534 e. The fraction of sp³-hybridized carbons (Fsp3) is 0.286. The molecule has 1 aliphatic heterocycles. The van der Waals surface area contributed by atoms with Gasteiger partial charge in [0.2, 0.25) is 0 Å². The first kappa shape index (κ1) is 20.4. The molecule has 1 atom stereocenters. The number of aromatic carboxylic acids is 1. The molecule has 0 unspecified atom stereocenters. The van der Waals surface area contributed by atoms with Gasteiger partial charge in [0.15, 0.2) is 17.1 Å². The second-order valence-electron chi connectivity index (χ2n) is 5.73. The highest BCUT2D eigenvalue weighted by Crippen LogP contribution is 2.44. The van der Waals surface area contributed by atoms with Gasteiger partial charge in [0.05, 0.1) is 21.4 Å². The Balaban J connectivity index is 2.55. The molecule has 0 saturated carbocycles. The van der Waals surface area contributed by atoms with E-state index in [0.717, 1.165) is 4.57 Å². The summed E-state index contributed by atoms with van der Waals surface area (Å²) in [6, 6.07) is -0.236. The molecule has 1 N–H and O–H groups in total. The van der Waals surface area contributed by atoms with Crippen molar-refractivity contribution >= 4 is 42.9 Å². The molecule has 1 aliphatic rings. The van der Waals surface area contributed by atoms with Crippen molar-refractivity contribution in [2.75, 3.05) is 6.61 Å².